The van der Waals surface area contributed by atoms with Crippen LogP contribution in [0.4, 0.5) is 5.95 Å². The Balaban J connectivity index is 1.37. The highest BCUT2D eigenvalue weighted by molar-refractivity contribution is 5.79. The number of amides is 1. The van der Waals surface area contributed by atoms with Crippen molar-refractivity contribution in [1.82, 2.24) is 25.1 Å². The van der Waals surface area contributed by atoms with Crippen molar-refractivity contribution in [2.24, 2.45) is 5.92 Å². The third-order valence-corrected chi connectivity index (χ3v) is 6.57. The Morgan fingerprint density at radius 2 is 1.93 bits per heavy atom. The van der Waals surface area contributed by atoms with Crippen molar-refractivity contribution < 1.29 is 4.79 Å². The standard InChI is InChI=1S/C21H28N6O/c28-20(15-5-3-6-15)27-12-4-7-16(14-27)19-17(13-23-25-19)18-8-9-22-21(24-18)26-10-1-2-11-26/h8-9,13,15-16H,1-7,10-12,14H2,(H,23,25)/t16-/m0/s1. The number of H-pyrrole nitrogens is 1. The van der Waals surface area contributed by atoms with Gasteiger partial charge < -0.3 is 9.80 Å². The minimum Gasteiger partial charge on any atom is -0.342 e. The van der Waals surface area contributed by atoms with E-state index in [0.717, 1.165) is 74.8 Å². The zero-order valence-electron chi connectivity index (χ0n) is 16.3. The fourth-order valence-corrected chi connectivity index (χ4v) is 4.71. The van der Waals surface area contributed by atoms with Gasteiger partial charge >= 0.3 is 0 Å². The van der Waals surface area contributed by atoms with Gasteiger partial charge in [0.2, 0.25) is 11.9 Å². The van der Waals surface area contributed by atoms with E-state index in [-0.39, 0.29) is 5.92 Å². The van der Waals surface area contributed by atoms with E-state index in [1.165, 1.54) is 19.3 Å². The van der Waals surface area contributed by atoms with Gasteiger partial charge in [0.15, 0.2) is 0 Å². The lowest BCUT2D eigenvalue weighted by Crippen LogP contribution is -2.44. The SMILES string of the molecule is O=C(C1CCC1)N1CCC[C@H](c2[nH]ncc2-c2ccnc(N3CCCC3)n2)C1. The molecule has 3 aliphatic rings. The van der Waals surface area contributed by atoms with Crippen LogP contribution >= 0.6 is 0 Å². The largest absolute Gasteiger partial charge is 0.342 e. The summed E-state index contributed by atoms with van der Waals surface area (Å²) in [4.78, 5) is 26.4. The van der Waals surface area contributed by atoms with Crippen LogP contribution in [-0.4, -0.2) is 57.2 Å². The molecule has 2 aliphatic heterocycles. The number of carbonyl (C=O) groups is 1. The second-order valence-electron chi connectivity index (χ2n) is 8.38. The molecule has 3 fully saturated rings. The van der Waals surface area contributed by atoms with Crippen LogP contribution < -0.4 is 4.90 Å². The molecule has 2 aromatic heterocycles. The number of carbonyl (C=O) groups excluding carboxylic acids is 1. The fraction of sp³-hybridized carbons (Fsp3) is 0.619. The molecule has 1 atom stereocenters. The first-order chi connectivity index (χ1) is 13.8. The van der Waals surface area contributed by atoms with E-state index in [1.807, 2.05) is 18.5 Å². The number of piperidine rings is 1. The zero-order chi connectivity index (χ0) is 18.9. The minimum absolute atomic E-state index is 0.268. The Kier molecular flexibility index (Phi) is 4.74. The lowest BCUT2D eigenvalue weighted by molar-refractivity contribution is -0.139. The predicted molar refractivity (Wildman–Crippen MR) is 107 cm³/mol. The van der Waals surface area contributed by atoms with E-state index >= 15 is 0 Å². The van der Waals surface area contributed by atoms with Gasteiger partial charge in [-0.3, -0.25) is 9.89 Å². The molecule has 0 spiro atoms. The Labute approximate surface area is 165 Å². The van der Waals surface area contributed by atoms with Gasteiger partial charge in [-0.1, -0.05) is 6.42 Å². The molecule has 5 rings (SSSR count). The summed E-state index contributed by atoms with van der Waals surface area (Å²) in [5.74, 6) is 1.73. The van der Waals surface area contributed by atoms with Crippen LogP contribution in [0.5, 0.6) is 0 Å². The second-order valence-corrected chi connectivity index (χ2v) is 8.38. The molecule has 1 aliphatic carbocycles. The fourth-order valence-electron chi connectivity index (χ4n) is 4.71. The van der Waals surface area contributed by atoms with Crippen molar-refractivity contribution >= 4 is 11.9 Å². The van der Waals surface area contributed by atoms with Crippen LogP contribution in [0.25, 0.3) is 11.3 Å². The maximum Gasteiger partial charge on any atom is 0.225 e. The molecule has 1 saturated carbocycles. The lowest BCUT2D eigenvalue weighted by atomic mass is 9.83. The molecule has 1 amide bonds. The summed E-state index contributed by atoms with van der Waals surface area (Å²) in [6, 6.07) is 1.97. The van der Waals surface area contributed by atoms with E-state index in [4.69, 9.17) is 4.98 Å². The number of hydrogen-bond donors (Lipinski definition) is 1. The third-order valence-electron chi connectivity index (χ3n) is 6.57. The normalized spacial score (nSPS) is 23.1. The summed E-state index contributed by atoms with van der Waals surface area (Å²) >= 11 is 0. The van der Waals surface area contributed by atoms with E-state index in [0.29, 0.717) is 11.8 Å². The Bertz CT molecular complexity index is 839. The molecular formula is C21H28N6O. The maximum absolute atomic E-state index is 12.7. The Morgan fingerprint density at radius 3 is 2.71 bits per heavy atom. The van der Waals surface area contributed by atoms with Gasteiger partial charge in [-0.2, -0.15) is 5.10 Å². The molecule has 2 aromatic rings. The van der Waals surface area contributed by atoms with Gasteiger partial charge in [-0.05, 0) is 44.6 Å². The highest BCUT2D eigenvalue weighted by Gasteiger charge is 2.33. The Morgan fingerprint density at radius 1 is 1.07 bits per heavy atom. The van der Waals surface area contributed by atoms with E-state index < -0.39 is 0 Å². The summed E-state index contributed by atoms with van der Waals surface area (Å²) in [7, 11) is 0. The van der Waals surface area contributed by atoms with Crippen LogP contribution in [0.1, 0.15) is 56.6 Å². The zero-order valence-corrected chi connectivity index (χ0v) is 16.3. The molecule has 0 radical (unpaired) electrons. The van der Waals surface area contributed by atoms with Crippen molar-refractivity contribution in [2.75, 3.05) is 31.1 Å². The second kappa shape index (κ2) is 7.53. The average molecular weight is 380 g/mol. The number of anilines is 1. The Hall–Kier alpha value is -2.44. The molecule has 1 N–H and O–H groups in total. The molecule has 28 heavy (non-hydrogen) atoms. The average Bonchev–Trinajstić information content (AvgIpc) is 3.39. The third kappa shape index (κ3) is 3.27. The van der Waals surface area contributed by atoms with Crippen molar-refractivity contribution in [3.05, 3.63) is 24.2 Å². The van der Waals surface area contributed by atoms with Crippen LogP contribution in [0.2, 0.25) is 0 Å². The molecule has 0 bridgehead atoms. The first-order valence-corrected chi connectivity index (χ1v) is 10.7. The predicted octanol–water partition coefficient (Wildman–Crippen LogP) is 2.97. The number of aromatic nitrogens is 4. The van der Waals surface area contributed by atoms with Gasteiger partial charge in [0.05, 0.1) is 11.9 Å². The minimum atomic E-state index is 0.268. The lowest BCUT2D eigenvalue weighted by Gasteiger charge is -2.37. The van der Waals surface area contributed by atoms with Gasteiger partial charge in [-0.15, -0.1) is 0 Å². The first kappa shape index (κ1) is 17.6. The molecule has 7 heteroatoms. The topological polar surface area (TPSA) is 78.0 Å². The van der Waals surface area contributed by atoms with E-state index in [2.05, 4.69) is 25.0 Å². The van der Waals surface area contributed by atoms with Crippen LogP contribution in [-0.2, 0) is 4.79 Å². The van der Waals surface area contributed by atoms with Gasteiger partial charge in [-0.25, -0.2) is 9.97 Å². The molecule has 7 nitrogen and oxygen atoms in total. The van der Waals surface area contributed by atoms with E-state index in [1.54, 1.807) is 0 Å². The highest BCUT2D eigenvalue weighted by atomic mass is 16.2. The summed E-state index contributed by atoms with van der Waals surface area (Å²) in [6.45, 7) is 3.74. The first-order valence-electron chi connectivity index (χ1n) is 10.7. The summed E-state index contributed by atoms with van der Waals surface area (Å²) < 4.78 is 0. The van der Waals surface area contributed by atoms with Gasteiger partial charge in [0, 0.05) is 55.5 Å². The van der Waals surface area contributed by atoms with E-state index in [9.17, 15) is 4.79 Å². The number of rotatable bonds is 4. The number of aromatic amines is 1. The monoisotopic (exact) mass is 380 g/mol. The summed E-state index contributed by atoms with van der Waals surface area (Å²) in [5, 5.41) is 7.55. The van der Waals surface area contributed by atoms with Crippen molar-refractivity contribution in [2.45, 2.75) is 50.9 Å². The smallest absolute Gasteiger partial charge is 0.225 e. The molecular weight excluding hydrogens is 352 g/mol. The van der Waals surface area contributed by atoms with Crippen molar-refractivity contribution in [1.29, 1.82) is 0 Å². The molecule has 148 valence electrons. The quantitative estimate of drug-likeness (QED) is 0.882. The summed E-state index contributed by atoms with van der Waals surface area (Å²) in [5.41, 5.74) is 3.08. The van der Waals surface area contributed by atoms with Gasteiger partial charge in [0.1, 0.15) is 0 Å². The van der Waals surface area contributed by atoms with Crippen molar-refractivity contribution in [3.63, 3.8) is 0 Å². The number of nitrogens with one attached hydrogen (secondary N) is 1. The number of hydrogen-bond acceptors (Lipinski definition) is 5. The van der Waals surface area contributed by atoms with Gasteiger partial charge in [0.25, 0.3) is 0 Å². The van der Waals surface area contributed by atoms with Crippen LogP contribution in [0.15, 0.2) is 18.5 Å². The number of nitrogens with zero attached hydrogens (tertiary/aromatic N) is 5. The molecule has 0 aromatic carbocycles. The molecule has 2 saturated heterocycles. The molecule has 4 heterocycles. The van der Waals surface area contributed by atoms with Crippen molar-refractivity contribution in [3.8, 4) is 11.3 Å². The van der Waals surface area contributed by atoms with Crippen LogP contribution in [0.3, 0.4) is 0 Å². The highest BCUT2D eigenvalue weighted by Crippen LogP contribution is 2.35. The molecule has 0 unspecified atom stereocenters. The van der Waals surface area contributed by atoms with Crippen LogP contribution in [0, 0.1) is 5.92 Å². The summed E-state index contributed by atoms with van der Waals surface area (Å²) in [6.07, 6.45) is 11.6. The maximum atomic E-state index is 12.7. The number of likely N-dealkylation sites (tertiary alicyclic amines) is 1.